The summed E-state index contributed by atoms with van der Waals surface area (Å²) in [4.78, 5) is 3.07. The van der Waals surface area contributed by atoms with Gasteiger partial charge in [-0.2, -0.15) is 0 Å². The third-order valence-corrected chi connectivity index (χ3v) is 3.46. The van der Waals surface area contributed by atoms with Crippen LogP contribution in [-0.4, -0.2) is 16.8 Å². The van der Waals surface area contributed by atoms with Gasteiger partial charge >= 0.3 is 0 Å². The van der Waals surface area contributed by atoms with Crippen molar-refractivity contribution in [1.82, 2.24) is 9.66 Å². The second-order valence-corrected chi connectivity index (χ2v) is 4.91. The summed E-state index contributed by atoms with van der Waals surface area (Å²) in [7, 11) is 1.66. The molecule has 1 aromatic heterocycles. The number of methoxy groups -OCH3 is 1. The molecule has 5 heteroatoms. The topological polar surface area (TPSA) is 42.0 Å². The smallest absolute Gasteiger partial charge is 0.196 e. The van der Waals surface area contributed by atoms with Crippen molar-refractivity contribution in [2.75, 3.05) is 12.5 Å². The molecule has 0 saturated heterocycles. The highest BCUT2D eigenvalue weighted by Gasteiger charge is 2.08. The van der Waals surface area contributed by atoms with Gasteiger partial charge in [-0.15, -0.1) is 0 Å². The number of anilines is 1. The molecule has 2 aromatic carbocycles. The summed E-state index contributed by atoms with van der Waals surface area (Å²) < 4.78 is 7.73. The monoisotopic (exact) mass is 297 g/mol. The molecule has 3 rings (SSSR count). The van der Waals surface area contributed by atoms with Gasteiger partial charge in [0.25, 0.3) is 0 Å². The molecule has 0 aliphatic heterocycles. The molecule has 4 nitrogen and oxygen atoms in total. The quantitative estimate of drug-likeness (QED) is 0.713. The molecule has 106 valence electrons. The maximum atomic E-state index is 5.35. The van der Waals surface area contributed by atoms with Crippen LogP contribution in [0.25, 0.3) is 11.3 Å². The first kappa shape index (κ1) is 13.5. The number of rotatable bonds is 4. The van der Waals surface area contributed by atoms with Crippen molar-refractivity contribution in [1.29, 1.82) is 0 Å². The summed E-state index contributed by atoms with van der Waals surface area (Å²) in [6.07, 6.45) is 1.88. The highest BCUT2D eigenvalue weighted by atomic mass is 32.1. The van der Waals surface area contributed by atoms with E-state index < -0.39 is 0 Å². The predicted molar refractivity (Wildman–Crippen MR) is 87.1 cm³/mol. The molecule has 0 amide bonds. The number of imidazole rings is 1. The lowest BCUT2D eigenvalue weighted by Gasteiger charge is -2.12. The summed E-state index contributed by atoms with van der Waals surface area (Å²) in [5.41, 5.74) is 6.23. The first-order valence-corrected chi connectivity index (χ1v) is 6.95. The largest absolute Gasteiger partial charge is 0.497 e. The van der Waals surface area contributed by atoms with E-state index in [1.54, 1.807) is 7.11 Å². The fraction of sp³-hybridized carbons (Fsp3) is 0.0625. The average Bonchev–Trinajstić information content (AvgIpc) is 2.89. The van der Waals surface area contributed by atoms with Crippen molar-refractivity contribution in [2.45, 2.75) is 0 Å². The number of hydrogen-bond donors (Lipinski definition) is 2. The maximum Gasteiger partial charge on any atom is 0.196 e. The van der Waals surface area contributed by atoms with E-state index in [0.29, 0.717) is 4.77 Å². The molecule has 0 atom stereocenters. The van der Waals surface area contributed by atoms with Crippen LogP contribution in [0.4, 0.5) is 5.69 Å². The Morgan fingerprint density at radius 2 is 1.90 bits per heavy atom. The number of nitrogens with one attached hydrogen (secondary N) is 2. The van der Waals surface area contributed by atoms with Crippen molar-refractivity contribution in [3.05, 3.63) is 65.6 Å². The van der Waals surface area contributed by atoms with E-state index in [2.05, 4.69) is 10.4 Å². The molecule has 2 N–H and O–H groups in total. The minimum absolute atomic E-state index is 0.608. The van der Waals surface area contributed by atoms with Gasteiger partial charge in [0.05, 0.1) is 18.5 Å². The van der Waals surface area contributed by atoms with Gasteiger partial charge in [-0.25, -0.2) is 4.68 Å². The lowest BCUT2D eigenvalue weighted by Crippen LogP contribution is -2.10. The van der Waals surface area contributed by atoms with E-state index in [-0.39, 0.29) is 0 Å². The number of ether oxygens (including phenoxy) is 1. The molecule has 0 aliphatic carbocycles. The Hall–Kier alpha value is -2.53. The molecule has 21 heavy (non-hydrogen) atoms. The van der Waals surface area contributed by atoms with Gasteiger partial charge < -0.3 is 9.72 Å². The molecule has 0 saturated carbocycles. The molecule has 0 bridgehead atoms. The Kier molecular flexibility index (Phi) is 3.75. The van der Waals surface area contributed by atoms with E-state index in [4.69, 9.17) is 17.0 Å². The summed E-state index contributed by atoms with van der Waals surface area (Å²) in [5, 5.41) is 0. The van der Waals surface area contributed by atoms with Crippen LogP contribution in [0.1, 0.15) is 0 Å². The zero-order valence-corrected chi connectivity index (χ0v) is 12.4. The molecule has 0 aliphatic rings. The highest BCUT2D eigenvalue weighted by molar-refractivity contribution is 7.71. The fourth-order valence-electron chi connectivity index (χ4n) is 2.12. The third kappa shape index (κ3) is 2.83. The summed E-state index contributed by atoms with van der Waals surface area (Å²) in [6, 6.07) is 17.8. The fourth-order valence-corrected chi connectivity index (χ4v) is 2.32. The Morgan fingerprint density at radius 3 is 2.67 bits per heavy atom. The Labute approximate surface area is 128 Å². The Balaban J connectivity index is 2.02. The minimum atomic E-state index is 0.608. The number of nitrogens with zero attached hydrogens (tertiary/aromatic N) is 1. The van der Waals surface area contributed by atoms with Crippen LogP contribution in [0.5, 0.6) is 5.75 Å². The van der Waals surface area contributed by atoms with Crippen LogP contribution < -0.4 is 10.2 Å². The SMILES string of the molecule is COc1cccc(-c2c[nH]c(=S)n2Nc2ccccc2)c1. The molecule has 0 spiro atoms. The summed E-state index contributed by atoms with van der Waals surface area (Å²) >= 11 is 5.35. The molecule has 0 unspecified atom stereocenters. The van der Waals surface area contributed by atoms with Crippen LogP contribution in [0.3, 0.4) is 0 Å². The number of aromatic amines is 1. The summed E-state index contributed by atoms with van der Waals surface area (Å²) in [6.45, 7) is 0. The lowest BCUT2D eigenvalue weighted by molar-refractivity contribution is 0.415. The summed E-state index contributed by atoms with van der Waals surface area (Å²) in [5.74, 6) is 0.811. The molecule has 3 aromatic rings. The number of para-hydroxylation sites is 1. The van der Waals surface area contributed by atoms with Gasteiger partial charge in [0.1, 0.15) is 5.75 Å². The lowest BCUT2D eigenvalue weighted by atomic mass is 10.1. The number of aromatic nitrogens is 2. The van der Waals surface area contributed by atoms with Gasteiger partial charge in [-0.3, -0.25) is 5.43 Å². The molecule has 0 radical (unpaired) electrons. The van der Waals surface area contributed by atoms with Crippen molar-refractivity contribution < 1.29 is 4.74 Å². The van der Waals surface area contributed by atoms with Crippen LogP contribution in [0.2, 0.25) is 0 Å². The number of hydrogen-bond acceptors (Lipinski definition) is 3. The maximum absolute atomic E-state index is 5.35. The van der Waals surface area contributed by atoms with Gasteiger partial charge in [-0.05, 0) is 36.5 Å². The molecule has 1 heterocycles. The first-order chi connectivity index (χ1) is 10.3. The zero-order valence-electron chi connectivity index (χ0n) is 11.5. The second kappa shape index (κ2) is 5.85. The van der Waals surface area contributed by atoms with Crippen LogP contribution in [0.15, 0.2) is 60.8 Å². The number of benzene rings is 2. The standard InChI is InChI=1S/C16H15N3OS/c1-20-14-9-5-6-12(10-14)15-11-17-16(21)19(15)18-13-7-3-2-4-8-13/h2-11,18H,1H3,(H,17,21). The Morgan fingerprint density at radius 1 is 1.10 bits per heavy atom. The normalized spacial score (nSPS) is 10.3. The zero-order chi connectivity index (χ0) is 14.7. The van der Waals surface area contributed by atoms with Gasteiger partial charge in [0.15, 0.2) is 4.77 Å². The van der Waals surface area contributed by atoms with Crippen molar-refractivity contribution in [3.8, 4) is 17.0 Å². The molecular weight excluding hydrogens is 282 g/mol. The first-order valence-electron chi connectivity index (χ1n) is 6.55. The molecular formula is C16H15N3OS. The Bertz CT molecular complexity index is 793. The third-order valence-electron chi connectivity index (χ3n) is 3.16. The van der Waals surface area contributed by atoms with Gasteiger partial charge in [0, 0.05) is 11.8 Å². The molecule has 0 fully saturated rings. The van der Waals surface area contributed by atoms with E-state index >= 15 is 0 Å². The van der Waals surface area contributed by atoms with Crippen molar-refractivity contribution in [2.24, 2.45) is 0 Å². The van der Waals surface area contributed by atoms with E-state index in [0.717, 1.165) is 22.7 Å². The minimum Gasteiger partial charge on any atom is -0.497 e. The number of H-pyrrole nitrogens is 1. The second-order valence-electron chi connectivity index (χ2n) is 4.52. The predicted octanol–water partition coefficient (Wildman–Crippen LogP) is 4.10. The average molecular weight is 297 g/mol. The van der Waals surface area contributed by atoms with Crippen molar-refractivity contribution >= 4 is 17.9 Å². The van der Waals surface area contributed by atoms with E-state index in [9.17, 15) is 0 Å². The van der Waals surface area contributed by atoms with Crippen LogP contribution in [0, 0.1) is 4.77 Å². The van der Waals surface area contributed by atoms with E-state index in [1.165, 1.54) is 0 Å². The van der Waals surface area contributed by atoms with Crippen LogP contribution in [-0.2, 0) is 0 Å². The van der Waals surface area contributed by atoms with Gasteiger partial charge in [-0.1, -0.05) is 30.3 Å². The van der Waals surface area contributed by atoms with E-state index in [1.807, 2.05) is 65.5 Å². The van der Waals surface area contributed by atoms with Crippen molar-refractivity contribution in [3.63, 3.8) is 0 Å². The van der Waals surface area contributed by atoms with Crippen LogP contribution >= 0.6 is 12.2 Å². The highest BCUT2D eigenvalue weighted by Crippen LogP contribution is 2.24. The van der Waals surface area contributed by atoms with Gasteiger partial charge in [0.2, 0.25) is 0 Å².